The second-order valence-corrected chi connectivity index (χ2v) is 7.47. The summed E-state index contributed by atoms with van der Waals surface area (Å²) in [6.45, 7) is 1.46. The molecule has 1 heterocycles. The van der Waals surface area contributed by atoms with Crippen LogP contribution in [-0.4, -0.2) is 55.7 Å². The summed E-state index contributed by atoms with van der Waals surface area (Å²) in [6, 6.07) is 14.7. The highest BCUT2D eigenvalue weighted by Crippen LogP contribution is 2.27. The fourth-order valence-corrected chi connectivity index (χ4v) is 3.59. The normalized spacial score (nSPS) is 15.5. The van der Waals surface area contributed by atoms with Crippen LogP contribution in [0.15, 0.2) is 54.6 Å². The average molecular weight is 414 g/mol. The summed E-state index contributed by atoms with van der Waals surface area (Å²) >= 11 is 0. The number of benzene rings is 2. The Labute approximate surface area is 176 Å². The van der Waals surface area contributed by atoms with E-state index in [-0.39, 0.29) is 24.2 Å². The number of ether oxygens (including phenoxy) is 2. The summed E-state index contributed by atoms with van der Waals surface area (Å²) < 4.78 is 23.7. The van der Waals surface area contributed by atoms with Crippen molar-refractivity contribution in [1.82, 2.24) is 10.2 Å². The third-order valence-electron chi connectivity index (χ3n) is 5.45. The number of rotatable bonds is 8. The largest absolute Gasteiger partial charge is 0.484 e. The Hall–Kier alpha value is -2.93. The van der Waals surface area contributed by atoms with E-state index in [2.05, 4.69) is 5.32 Å². The topological polar surface area (TPSA) is 67.9 Å². The van der Waals surface area contributed by atoms with Gasteiger partial charge in [0.15, 0.2) is 6.61 Å². The molecule has 2 aromatic carbocycles. The summed E-state index contributed by atoms with van der Waals surface area (Å²) in [5.41, 5.74) is 0.192. The molecule has 6 nitrogen and oxygen atoms in total. The molecule has 2 aromatic rings. The van der Waals surface area contributed by atoms with E-state index in [4.69, 9.17) is 9.47 Å². The number of hydrogen-bond acceptors (Lipinski definition) is 4. The summed E-state index contributed by atoms with van der Waals surface area (Å²) in [4.78, 5) is 27.0. The van der Waals surface area contributed by atoms with Crippen LogP contribution in [0, 0.1) is 5.82 Å². The van der Waals surface area contributed by atoms with Gasteiger partial charge in [-0.1, -0.05) is 18.2 Å². The first-order valence-corrected chi connectivity index (χ1v) is 10.0. The Kier molecular flexibility index (Phi) is 7.41. The van der Waals surface area contributed by atoms with Gasteiger partial charge in [0.05, 0.1) is 0 Å². The molecule has 0 bridgehead atoms. The number of carbonyl (C=O) groups is 2. The lowest BCUT2D eigenvalue weighted by molar-refractivity contribution is -0.135. The molecule has 0 spiro atoms. The monoisotopic (exact) mass is 414 g/mol. The maximum Gasteiger partial charge on any atom is 0.260 e. The summed E-state index contributed by atoms with van der Waals surface area (Å²) in [7, 11) is 1.64. The molecule has 1 saturated heterocycles. The molecule has 0 aliphatic carbocycles. The van der Waals surface area contributed by atoms with Crippen molar-refractivity contribution in [2.45, 2.75) is 24.8 Å². The minimum Gasteiger partial charge on any atom is -0.484 e. The average Bonchev–Trinajstić information content (AvgIpc) is 2.78. The molecule has 0 atom stereocenters. The minimum absolute atomic E-state index is 0.104. The van der Waals surface area contributed by atoms with Crippen LogP contribution in [0.3, 0.4) is 0 Å². The van der Waals surface area contributed by atoms with Crippen LogP contribution in [0.5, 0.6) is 5.75 Å². The van der Waals surface area contributed by atoms with Crippen molar-refractivity contribution in [3.05, 3.63) is 66.0 Å². The Balaban J connectivity index is 1.56. The number of piperidine rings is 1. The van der Waals surface area contributed by atoms with Crippen LogP contribution < -0.4 is 10.1 Å². The van der Waals surface area contributed by atoms with E-state index >= 15 is 0 Å². The Morgan fingerprint density at radius 2 is 1.73 bits per heavy atom. The third kappa shape index (κ3) is 5.79. The van der Waals surface area contributed by atoms with Crippen molar-refractivity contribution in [3.8, 4) is 5.75 Å². The number of amides is 2. The number of methoxy groups -OCH3 is 1. The number of likely N-dealkylation sites (tertiary alicyclic amines) is 1. The lowest BCUT2D eigenvalue weighted by Crippen LogP contribution is -2.57. The van der Waals surface area contributed by atoms with E-state index in [0.717, 1.165) is 0 Å². The van der Waals surface area contributed by atoms with Gasteiger partial charge in [0.2, 0.25) is 0 Å². The van der Waals surface area contributed by atoms with Gasteiger partial charge in [0, 0.05) is 37.9 Å². The second-order valence-electron chi connectivity index (χ2n) is 7.47. The second kappa shape index (κ2) is 10.2. The third-order valence-corrected chi connectivity index (χ3v) is 5.45. The van der Waals surface area contributed by atoms with Gasteiger partial charge < -0.3 is 19.7 Å². The van der Waals surface area contributed by atoms with Crippen molar-refractivity contribution in [2.75, 3.05) is 33.4 Å². The summed E-state index contributed by atoms with van der Waals surface area (Å²) in [5.74, 6) is -0.152. The molecule has 30 heavy (non-hydrogen) atoms. The van der Waals surface area contributed by atoms with Crippen molar-refractivity contribution in [3.63, 3.8) is 0 Å². The van der Waals surface area contributed by atoms with E-state index in [1.54, 1.807) is 24.1 Å². The highest BCUT2D eigenvalue weighted by Gasteiger charge is 2.37. The van der Waals surface area contributed by atoms with Gasteiger partial charge in [-0.15, -0.1) is 0 Å². The molecule has 1 N–H and O–H groups in total. The maximum absolute atomic E-state index is 13.0. The molecule has 1 aliphatic rings. The molecule has 3 rings (SSSR count). The standard InChI is InChI=1S/C23H27FN2O4/c1-29-16-13-23(25-22(28)18-5-3-2-4-6-18)11-14-26(15-12-23)21(27)17-30-20-9-7-19(24)8-10-20/h2-10H,11-17H2,1H3,(H,25,28). The zero-order valence-corrected chi connectivity index (χ0v) is 17.1. The summed E-state index contributed by atoms with van der Waals surface area (Å²) in [6.07, 6.45) is 1.95. The minimum atomic E-state index is -0.419. The lowest BCUT2D eigenvalue weighted by atomic mass is 9.84. The van der Waals surface area contributed by atoms with Crippen LogP contribution in [0.1, 0.15) is 29.6 Å². The van der Waals surface area contributed by atoms with Crippen LogP contribution in [-0.2, 0) is 9.53 Å². The van der Waals surface area contributed by atoms with Crippen LogP contribution in [0.25, 0.3) is 0 Å². The van der Waals surface area contributed by atoms with Gasteiger partial charge in [-0.25, -0.2) is 4.39 Å². The van der Waals surface area contributed by atoms with Gasteiger partial charge in [0.1, 0.15) is 11.6 Å². The molecule has 0 aromatic heterocycles. The van der Waals surface area contributed by atoms with Crippen LogP contribution in [0.4, 0.5) is 4.39 Å². The van der Waals surface area contributed by atoms with E-state index in [0.29, 0.717) is 50.3 Å². The van der Waals surface area contributed by atoms with Crippen molar-refractivity contribution in [1.29, 1.82) is 0 Å². The highest BCUT2D eigenvalue weighted by molar-refractivity contribution is 5.94. The molecule has 1 fully saturated rings. The van der Waals surface area contributed by atoms with Gasteiger partial charge in [-0.05, 0) is 55.7 Å². The maximum atomic E-state index is 13.0. The van der Waals surface area contributed by atoms with Gasteiger partial charge in [0.25, 0.3) is 11.8 Å². The highest BCUT2D eigenvalue weighted by atomic mass is 19.1. The summed E-state index contributed by atoms with van der Waals surface area (Å²) in [5, 5.41) is 3.18. The molecule has 0 saturated carbocycles. The first-order valence-electron chi connectivity index (χ1n) is 10.0. The Bertz CT molecular complexity index is 834. The molecule has 0 radical (unpaired) electrons. The molecule has 160 valence electrons. The van der Waals surface area contributed by atoms with E-state index in [1.807, 2.05) is 18.2 Å². The Morgan fingerprint density at radius 3 is 2.37 bits per heavy atom. The predicted molar refractivity (Wildman–Crippen MR) is 111 cm³/mol. The molecular formula is C23H27FN2O4. The molecule has 7 heteroatoms. The lowest BCUT2D eigenvalue weighted by Gasteiger charge is -2.42. The van der Waals surface area contributed by atoms with E-state index < -0.39 is 5.54 Å². The number of nitrogens with one attached hydrogen (secondary N) is 1. The fraction of sp³-hybridized carbons (Fsp3) is 0.391. The van der Waals surface area contributed by atoms with Gasteiger partial charge in [-0.3, -0.25) is 9.59 Å². The smallest absolute Gasteiger partial charge is 0.260 e. The molecular weight excluding hydrogens is 387 g/mol. The van der Waals surface area contributed by atoms with Crippen molar-refractivity contribution in [2.24, 2.45) is 0 Å². The quantitative estimate of drug-likeness (QED) is 0.721. The molecule has 0 unspecified atom stereocenters. The first kappa shape index (κ1) is 21.8. The number of nitrogens with zero attached hydrogens (tertiary/aromatic N) is 1. The number of halogens is 1. The fourth-order valence-electron chi connectivity index (χ4n) is 3.59. The first-order chi connectivity index (χ1) is 14.5. The van der Waals surface area contributed by atoms with Gasteiger partial charge >= 0.3 is 0 Å². The zero-order chi connectivity index (χ0) is 21.4. The van der Waals surface area contributed by atoms with Gasteiger partial charge in [-0.2, -0.15) is 0 Å². The SMILES string of the molecule is COCCC1(NC(=O)c2ccccc2)CCN(C(=O)COc2ccc(F)cc2)CC1. The van der Waals surface area contributed by atoms with Crippen molar-refractivity contribution >= 4 is 11.8 Å². The van der Waals surface area contributed by atoms with Crippen LogP contribution in [0.2, 0.25) is 0 Å². The van der Waals surface area contributed by atoms with Crippen LogP contribution >= 0.6 is 0 Å². The zero-order valence-electron chi connectivity index (χ0n) is 17.1. The molecule has 1 aliphatic heterocycles. The molecule has 2 amide bonds. The van der Waals surface area contributed by atoms with Crippen molar-refractivity contribution < 1.29 is 23.5 Å². The number of carbonyl (C=O) groups excluding carboxylic acids is 2. The predicted octanol–water partition coefficient (Wildman–Crippen LogP) is 3.03. The van der Waals surface area contributed by atoms with E-state index in [9.17, 15) is 14.0 Å². The number of hydrogen-bond donors (Lipinski definition) is 1. The van der Waals surface area contributed by atoms with E-state index in [1.165, 1.54) is 24.3 Å². The Morgan fingerprint density at radius 1 is 1.07 bits per heavy atom.